The molecular weight excluding hydrogens is 491 g/mol. The highest BCUT2D eigenvalue weighted by atomic mass is 127. The van der Waals surface area contributed by atoms with Crippen molar-refractivity contribution in [1.82, 2.24) is 10.6 Å². The van der Waals surface area contributed by atoms with E-state index in [0.29, 0.717) is 6.04 Å². The number of benzene rings is 2. The monoisotopic (exact) mass is 524 g/mol. The molecule has 2 N–H and O–H groups in total. The van der Waals surface area contributed by atoms with E-state index in [1.54, 1.807) is 14.2 Å². The van der Waals surface area contributed by atoms with E-state index in [-0.39, 0.29) is 24.0 Å². The molecule has 0 aromatic heterocycles. The van der Waals surface area contributed by atoms with E-state index in [9.17, 15) is 0 Å². The van der Waals surface area contributed by atoms with Crippen molar-refractivity contribution in [3.05, 3.63) is 54.1 Å². The van der Waals surface area contributed by atoms with Gasteiger partial charge in [0.1, 0.15) is 0 Å². The fourth-order valence-corrected chi connectivity index (χ4v) is 3.67. The summed E-state index contributed by atoms with van der Waals surface area (Å²) >= 11 is 0. The van der Waals surface area contributed by atoms with Gasteiger partial charge in [0.25, 0.3) is 0 Å². The number of methoxy groups -OCH3 is 2. The lowest BCUT2D eigenvalue weighted by Crippen LogP contribution is -2.44. The van der Waals surface area contributed by atoms with Crippen LogP contribution in [-0.4, -0.2) is 52.9 Å². The summed E-state index contributed by atoms with van der Waals surface area (Å²) < 4.78 is 10.7. The van der Waals surface area contributed by atoms with Gasteiger partial charge >= 0.3 is 0 Å². The van der Waals surface area contributed by atoms with Gasteiger partial charge in [-0.2, -0.15) is 0 Å². The average molecular weight is 524 g/mol. The molecule has 7 heteroatoms. The third kappa shape index (κ3) is 6.68. The van der Waals surface area contributed by atoms with Crippen LogP contribution in [0.4, 0.5) is 5.69 Å². The molecule has 1 fully saturated rings. The Morgan fingerprint density at radius 2 is 1.87 bits per heavy atom. The molecule has 1 heterocycles. The van der Waals surface area contributed by atoms with Gasteiger partial charge in [0, 0.05) is 38.4 Å². The highest BCUT2D eigenvalue weighted by molar-refractivity contribution is 14.0. The van der Waals surface area contributed by atoms with E-state index in [1.165, 1.54) is 11.3 Å². The van der Waals surface area contributed by atoms with Crippen LogP contribution in [0.5, 0.6) is 11.5 Å². The summed E-state index contributed by atoms with van der Waals surface area (Å²) in [5.41, 5.74) is 2.52. The molecule has 2 aromatic carbocycles. The number of rotatable bonds is 8. The zero-order valence-corrected chi connectivity index (χ0v) is 20.4. The van der Waals surface area contributed by atoms with Crippen molar-refractivity contribution in [2.45, 2.75) is 25.3 Å². The third-order valence-electron chi connectivity index (χ3n) is 5.26. The predicted octanol–water partition coefficient (Wildman–Crippen LogP) is 3.70. The Kier molecular flexibility index (Phi) is 10.1. The van der Waals surface area contributed by atoms with Crippen LogP contribution in [0.3, 0.4) is 0 Å². The van der Waals surface area contributed by atoms with Crippen LogP contribution in [0.1, 0.15) is 18.4 Å². The molecular formula is C23H33IN4O2. The van der Waals surface area contributed by atoms with Gasteiger partial charge in [0.05, 0.1) is 14.2 Å². The van der Waals surface area contributed by atoms with Crippen molar-refractivity contribution in [2.75, 3.05) is 45.8 Å². The Hall–Kier alpha value is -2.16. The molecule has 1 atom stereocenters. The van der Waals surface area contributed by atoms with Gasteiger partial charge in [-0.3, -0.25) is 4.99 Å². The highest BCUT2D eigenvalue weighted by Crippen LogP contribution is 2.27. The first-order valence-electron chi connectivity index (χ1n) is 10.2. The van der Waals surface area contributed by atoms with E-state index >= 15 is 0 Å². The quantitative estimate of drug-likeness (QED) is 0.239. The average Bonchev–Trinajstić information content (AvgIpc) is 3.24. The van der Waals surface area contributed by atoms with Crippen LogP contribution >= 0.6 is 24.0 Å². The number of ether oxygens (including phenoxy) is 2. The van der Waals surface area contributed by atoms with Gasteiger partial charge in [-0.1, -0.05) is 24.3 Å². The molecule has 0 spiro atoms. The topological polar surface area (TPSA) is 58.1 Å². The Bertz CT molecular complexity index is 801. The molecule has 0 amide bonds. The van der Waals surface area contributed by atoms with Crippen molar-refractivity contribution in [1.29, 1.82) is 0 Å². The molecule has 0 aliphatic carbocycles. The molecule has 3 rings (SSSR count). The van der Waals surface area contributed by atoms with Crippen molar-refractivity contribution < 1.29 is 9.47 Å². The SMILES string of the molecule is CN=C(NCCCc1ccc(OC)c(OC)c1)NC1CCN(c2ccccc2)C1.I. The Labute approximate surface area is 197 Å². The van der Waals surface area contributed by atoms with Gasteiger partial charge < -0.3 is 25.0 Å². The number of anilines is 1. The molecule has 1 aliphatic rings. The summed E-state index contributed by atoms with van der Waals surface area (Å²) in [6.45, 7) is 2.93. The summed E-state index contributed by atoms with van der Waals surface area (Å²) in [6, 6.07) is 17.1. The predicted molar refractivity (Wildman–Crippen MR) is 135 cm³/mol. The minimum absolute atomic E-state index is 0. The smallest absolute Gasteiger partial charge is 0.191 e. The van der Waals surface area contributed by atoms with Gasteiger partial charge in [0.2, 0.25) is 0 Å². The van der Waals surface area contributed by atoms with Crippen LogP contribution in [0.2, 0.25) is 0 Å². The number of aryl methyl sites for hydroxylation is 1. The largest absolute Gasteiger partial charge is 0.493 e. The third-order valence-corrected chi connectivity index (χ3v) is 5.26. The molecule has 30 heavy (non-hydrogen) atoms. The Morgan fingerprint density at radius 1 is 1.10 bits per heavy atom. The molecule has 164 valence electrons. The first-order chi connectivity index (χ1) is 14.2. The van der Waals surface area contributed by atoms with E-state index in [0.717, 1.165) is 56.4 Å². The van der Waals surface area contributed by atoms with Crippen LogP contribution in [-0.2, 0) is 6.42 Å². The number of nitrogens with zero attached hydrogens (tertiary/aromatic N) is 2. The summed E-state index contributed by atoms with van der Waals surface area (Å²) in [5.74, 6) is 2.41. The molecule has 2 aromatic rings. The highest BCUT2D eigenvalue weighted by Gasteiger charge is 2.23. The lowest BCUT2D eigenvalue weighted by molar-refractivity contribution is 0.354. The van der Waals surface area contributed by atoms with Crippen molar-refractivity contribution in [2.24, 2.45) is 4.99 Å². The van der Waals surface area contributed by atoms with E-state index in [4.69, 9.17) is 9.47 Å². The standard InChI is InChI=1S/C23H32N4O2.HI/c1-24-23(26-19-13-15-27(17-19)20-9-5-4-6-10-20)25-14-7-8-18-11-12-21(28-2)22(16-18)29-3;/h4-6,9-12,16,19H,7-8,13-15,17H2,1-3H3,(H2,24,25,26);1H. The van der Waals surface area contributed by atoms with Crippen molar-refractivity contribution in [3.63, 3.8) is 0 Å². The molecule has 0 bridgehead atoms. The summed E-state index contributed by atoms with van der Waals surface area (Å²) in [5, 5.41) is 6.99. The molecule has 6 nitrogen and oxygen atoms in total. The summed E-state index contributed by atoms with van der Waals surface area (Å²) in [7, 11) is 5.15. The molecule has 1 unspecified atom stereocenters. The second-order valence-electron chi connectivity index (χ2n) is 7.20. The number of nitrogens with one attached hydrogen (secondary N) is 2. The van der Waals surface area contributed by atoms with Crippen molar-refractivity contribution >= 4 is 35.6 Å². The van der Waals surface area contributed by atoms with Gasteiger partial charge in [0.15, 0.2) is 17.5 Å². The number of para-hydroxylation sites is 1. The van der Waals surface area contributed by atoms with Gasteiger partial charge in [-0.25, -0.2) is 0 Å². The molecule has 1 aliphatic heterocycles. The number of hydrogen-bond acceptors (Lipinski definition) is 4. The lowest BCUT2D eigenvalue weighted by atomic mass is 10.1. The maximum absolute atomic E-state index is 5.38. The van der Waals surface area contributed by atoms with Crippen LogP contribution in [0.25, 0.3) is 0 Å². The fourth-order valence-electron chi connectivity index (χ4n) is 3.67. The Morgan fingerprint density at radius 3 is 2.57 bits per heavy atom. The van der Waals surface area contributed by atoms with Crippen LogP contribution in [0, 0.1) is 0 Å². The number of hydrogen-bond donors (Lipinski definition) is 2. The molecule has 1 saturated heterocycles. The van der Waals surface area contributed by atoms with Gasteiger partial charge in [-0.15, -0.1) is 24.0 Å². The van der Waals surface area contributed by atoms with E-state index in [1.807, 2.05) is 19.2 Å². The van der Waals surface area contributed by atoms with Gasteiger partial charge in [-0.05, 0) is 49.1 Å². The van der Waals surface area contributed by atoms with E-state index in [2.05, 4.69) is 56.9 Å². The minimum atomic E-state index is 0. The maximum atomic E-state index is 5.38. The summed E-state index contributed by atoms with van der Waals surface area (Å²) in [6.07, 6.45) is 3.09. The Balaban J connectivity index is 0.00000320. The zero-order chi connectivity index (χ0) is 20.5. The number of halogens is 1. The van der Waals surface area contributed by atoms with Crippen LogP contribution in [0.15, 0.2) is 53.5 Å². The van der Waals surface area contributed by atoms with Crippen molar-refractivity contribution in [3.8, 4) is 11.5 Å². The second-order valence-corrected chi connectivity index (χ2v) is 7.20. The summed E-state index contributed by atoms with van der Waals surface area (Å²) in [4.78, 5) is 6.80. The maximum Gasteiger partial charge on any atom is 0.191 e. The first kappa shape index (κ1) is 24.1. The first-order valence-corrected chi connectivity index (χ1v) is 10.2. The normalized spacial score (nSPS) is 16.0. The van der Waals surface area contributed by atoms with E-state index < -0.39 is 0 Å². The number of guanidine groups is 1. The number of aliphatic imine (C=N–C) groups is 1. The molecule has 0 radical (unpaired) electrons. The van der Waals surface area contributed by atoms with Crippen LogP contribution < -0.4 is 25.0 Å². The fraction of sp³-hybridized carbons (Fsp3) is 0.435. The zero-order valence-electron chi connectivity index (χ0n) is 18.1. The molecule has 0 saturated carbocycles. The second kappa shape index (κ2) is 12.5. The minimum Gasteiger partial charge on any atom is -0.493 e. The lowest BCUT2D eigenvalue weighted by Gasteiger charge is -2.20.